The van der Waals surface area contributed by atoms with Crippen molar-refractivity contribution in [2.75, 3.05) is 31.2 Å². The van der Waals surface area contributed by atoms with Crippen LogP contribution in [-0.4, -0.2) is 48.6 Å². The second-order valence-electron chi connectivity index (χ2n) is 3.76. The van der Waals surface area contributed by atoms with E-state index in [-0.39, 0.29) is 0 Å². The Kier molecular flexibility index (Phi) is 5.77. The Morgan fingerprint density at radius 3 is 2.72 bits per heavy atom. The molecule has 0 unspecified atom stereocenters. The van der Waals surface area contributed by atoms with E-state index in [1.54, 1.807) is 6.07 Å². The van der Waals surface area contributed by atoms with Crippen LogP contribution in [0.1, 0.15) is 13.3 Å². The molecule has 18 heavy (non-hydrogen) atoms. The molecular weight excluding hydrogens is 276 g/mol. The number of anilines is 1. The smallest absolute Gasteiger partial charge is 0.211 e. The Hall–Kier alpha value is -0.920. The molecule has 0 aromatic carbocycles. The first kappa shape index (κ1) is 15.1. The number of nitrogens with one attached hydrogen (secondary N) is 1. The van der Waals surface area contributed by atoms with Crippen LogP contribution in [0.4, 0.5) is 5.82 Å². The molecular formula is C10H17ClN4O2S. The zero-order valence-corrected chi connectivity index (χ0v) is 12.0. The van der Waals surface area contributed by atoms with Gasteiger partial charge < -0.3 is 5.32 Å². The maximum absolute atomic E-state index is 11.3. The highest BCUT2D eigenvalue weighted by atomic mass is 35.5. The Labute approximate surface area is 112 Å². The fraction of sp³-hybridized carbons (Fsp3) is 0.600. The minimum atomic E-state index is -3.11. The predicted octanol–water partition coefficient (Wildman–Crippen LogP) is 1.21. The van der Waals surface area contributed by atoms with E-state index in [9.17, 15) is 8.42 Å². The van der Waals surface area contributed by atoms with Crippen LogP contribution < -0.4 is 5.32 Å². The highest BCUT2D eigenvalue weighted by Gasteiger charge is 2.12. The van der Waals surface area contributed by atoms with Crippen LogP contribution >= 0.6 is 11.6 Å². The van der Waals surface area contributed by atoms with Gasteiger partial charge in [-0.05, 0) is 6.42 Å². The van der Waals surface area contributed by atoms with Crippen molar-refractivity contribution < 1.29 is 8.42 Å². The first-order valence-corrected chi connectivity index (χ1v) is 7.82. The lowest BCUT2D eigenvalue weighted by Gasteiger charge is -2.17. The molecule has 0 radical (unpaired) electrons. The molecule has 8 heteroatoms. The van der Waals surface area contributed by atoms with Crippen molar-refractivity contribution in [1.82, 2.24) is 14.3 Å². The maximum atomic E-state index is 11.3. The van der Waals surface area contributed by atoms with E-state index < -0.39 is 10.0 Å². The van der Waals surface area contributed by atoms with E-state index in [1.807, 2.05) is 6.92 Å². The van der Waals surface area contributed by atoms with Gasteiger partial charge in [-0.1, -0.05) is 18.5 Å². The van der Waals surface area contributed by atoms with Crippen LogP contribution in [0.15, 0.2) is 12.4 Å². The van der Waals surface area contributed by atoms with Gasteiger partial charge in [-0.25, -0.2) is 22.7 Å². The summed E-state index contributed by atoms with van der Waals surface area (Å²) in [4.78, 5) is 7.76. The number of nitrogens with zero attached hydrogens (tertiary/aromatic N) is 3. The molecule has 1 heterocycles. The third-order valence-electron chi connectivity index (χ3n) is 2.35. The van der Waals surface area contributed by atoms with Gasteiger partial charge in [0.15, 0.2) is 0 Å². The molecule has 1 aromatic heterocycles. The highest BCUT2D eigenvalue weighted by Crippen LogP contribution is 2.08. The Morgan fingerprint density at radius 2 is 2.17 bits per heavy atom. The summed E-state index contributed by atoms with van der Waals surface area (Å²) in [5.41, 5.74) is 0. The number of hydrogen-bond acceptors (Lipinski definition) is 5. The summed E-state index contributed by atoms with van der Waals surface area (Å²) in [6.07, 6.45) is 3.29. The highest BCUT2D eigenvalue weighted by molar-refractivity contribution is 7.88. The fourth-order valence-corrected chi connectivity index (χ4v) is 2.54. The average molecular weight is 293 g/mol. The lowest BCUT2D eigenvalue weighted by atomic mass is 10.4. The van der Waals surface area contributed by atoms with Crippen LogP contribution in [0.3, 0.4) is 0 Å². The van der Waals surface area contributed by atoms with Gasteiger partial charge in [0.05, 0.1) is 6.26 Å². The van der Waals surface area contributed by atoms with Crippen molar-refractivity contribution in [2.24, 2.45) is 0 Å². The molecule has 0 aliphatic carbocycles. The lowest BCUT2D eigenvalue weighted by molar-refractivity contribution is 0.428. The topological polar surface area (TPSA) is 75.2 Å². The molecule has 0 aliphatic heterocycles. The maximum Gasteiger partial charge on any atom is 0.211 e. The largest absolute Gasteiger partial charge is 0.370 e. The Balaban J connectivity index is 2.35. The summed E-state index contributed by atoms with van der Waals surface area (Å²) < 4.78 is 24.1. The van der Waals surface area contributed by atoms with Gasteiger partial charge in [-0.15, -0.1) is 0 Å². The van der Waals surface area contributed by atoms with E-state index in [1.165, 1.54) is 16.9 Å². The van der Waals surface area contributed by atoms with E-state index >= 15 is 0 Å². The van der Waals surface area contributed by atoms with Crippen molar-refractivity contribution in [3.05, 3.63) is 17.5 Å². The number of halogens is 1. The normalized spacial score (nSPS) is 11.8. The number of aromatic nitrogens is 2. The molecule has 6 nitrogen and oxygen atoms in total. The Bertz CT molecular complexity index is 481. The van der Waals surface area contributed by atoms with Crippen LogP contribution in [0.25, 0.3) is 0 Å². The SMILES string of the molecule is CCN(CCCNc1cc(Cl)ncn1)S(C)(=O)=O. The van der Waals surface area contributed by atoms with E-state index in [4.69, 9.17) is 11.6 Å². The third-order valence-corrected chi connectivity index (χ3v) is 3.93. The van der Waals surface area contributed by atoms with Crippen LogP contribution in [0.2, 0.25) is 5.15 Å². The molecule has 0 amide bonds. The average Bonchev–Trinajstić information content (AvgIpc) is 2.27. The zero-order valence-electron chi connectivity index (χ0n) is 10.4. The second kappa shape index (κ2) is 6.86. The van der Waals surface area contributed by atoms with E-state index in [2.05, 4.69) is 15.3 Å². The third kappa shape index (κ3) is 5.16. The molecule has 1 N–H and O–H groups in total. The van der Waals surface area contributed by atoms with Gasteiger partial charge in [0, 0.05) is 25.7 Å². The van der Waals surface area contributed by atoms with Gasteiger partial charge in [-0.3, -0.25) is 0 Å². The molecule has 0 aliphatic rings. The molecule has 0 atom stereocenters. The number of sulfonamides is 1. The van der Waals surface area contributed by atoms with Crippen LogP contribution in [0.5, 0.6) is 0 Å². The standard InChI is InChI=1S/C10H17ClN4O2S/c1-3-15(18(2,16)17)6-4-5-12-10-7-9(11)13-8-14-10/h7-8H,3-6H2,1-2H3,(H,12,13,14). The minimum Gasteiger partial charge on any atom is -0.370 e. The quantitative estimate of drug-likeness (QED) is 0.604. The van der Waals surface area contributed by atoms with Crippen molar-refractivity contribution in [1.29, 1.82) is 0 Å². The molecule has 0 spiro atoms. The van der Waals surface area contributed by atoms with Crippen molar-refractivity contribution in [3.63, 3.8) is 0 Å². The second-order valence-corrected chi connectivity index (χ2v) is 6.13. The summed E-state index contributed by atoms with van der Waals surface area (Å²) in [6.45, 7) is 3.41. The number of rotatable bonds is 7. The van der Waals surface area contributed by atoms with Crippen molar-refractivity contribution >= 4 is 27.4 Å². The van der Waals surface area contributed by atoms with Crippen molar-refractivity contribution in [3.8, 4) is 0 Å². The summed E-state index contributed by atoms with van der Waals surface area (Å²) in [5.74, 6) is 0.636. The van der Waals surface area contributed by atoms with E-state index in [0.717, 1.165) is 0 Å². The molecule has 0 fully saturated rings. The first-order chi connectivity index (χ1) is 8.43. The molecule has 0 bridgehead atoms. The zero-order chi connectivity index (χ0) is 13.6. The molecule has 1 rings (SSSR count). The molecule has 0 saturated heterocycles. The van der Waals surface area contributed by atoms with Crippen LogP contribution in [-0.2, 0) is 10.0 Å². The molecule has 102 valence electrons. The van der Waals surface area contributed by atoms with E-state index in [0.29, 0.717) is 37.0 Å². The summed E-state index contributed by atoms with van der Waals surface area (Å²) >= 11 is 5.71. The summed E-state index contributed by atoms with van der Waals surface area (Å²) in [7, 11) is -3.11. The fourth-order valence-electron chi connectivity index (χ4n) is 1.46. The first-order valence-electron chi connectivity index (χ1n) is 5.60. The molecule has 1 aromatic rings. The van der Waals surface area contributed by atoms with Gasteiger partial charge in [0.25, 0.3) is 0 Å². The van der Waals surface area contributed by atoms with Crippen molar-refractivity contribution in [2.45, 2.75) is 13.3 Å². The minimum absolute atomic E-state index is 0.374. The van der Waals surface area contributed by atoms with Gasteiger partial charge in [0.2, 0.25) is 10.0 Å². The monoisotopic (exact) mass is 292 g/mol. The van der Waals surface area contributed by atoms with Gasteiger partial charge >= 0.3 is 0 Å². The van der Waals surface area contributed by atoms with Crippen LogP contribution in [0, 0.1) is 0 Å². The van der Waals surface area contributed by atoms with Gasteiger partial charge in [-0.2, -0.15) is 0 Å². The van der Waals surface area contributed by atoms with Gasteiger partial charge in [0.1, 0.15) is 17.3 Å². The number of hydrogen-bond donors (Lipinski definition) is 1. The lowest BCUT2D eigenvalue weighted by Crippen LogP contribution is -2.31. The summed E-state index contributed by atoms with van der Waals surface area (Å²) in [6, 6.07) is 1.62. The molecule has 0 saturated carbocycles. The predicted molar refractivity (Wildman–Crippen MR) is 72.2 cm³/mol. The summed E-state index contributed by atoms with van der Waals surface area (Å²) in [5, 5.41) is 3.43. The Morgan fingerprint density at radius 1 is 1.44 bits per heavy atom.